The average molecular weight is 269 g/mol. The third kappa shape index (κ3) is 2.24. The van der Waals surface area contributed by atoms with E-state index in [1.807, 2.05) is 6.92 Å². The van der Waals surface area contributed by atoms with Crippen molar-refractivity contribution in [3.8, 4) is 0 Å². The van der Waals surface area contributed by atoms with Gasteiger partial charge < -0.3 is 4.90 Å². The van der Waals surface area contributed by atoms with E-state index in [9.17, 15) is 4.79 Å². The predicted molar refractivity (Wildman–Crippen MR) is 73.5 cm³/mol. The van der Waals surface area contributed by atoms with Crippen LogP contribution in [0.2, 0.25) is 0 Å². The van der Waals surface area contributed by atoms with Crippen molar-refractivity contribution in [2.45, 2.75) is 25.7 Å². The molecule has 1 aliphatic carbocycles. The highest BCUT2D eigenvalue weighted by atomic mass is 16.2. The molecule has 0 saturated heterocycles. The number of rotatable bonds is 3. The fraction of sp³-hybridized carbons (Fsp3) is 0.357. The van der Waals surface area contributed by atoms with Crippen LogP contribution in [-0.2, 0) is 0 Å². The van der Waals surface area contributed by atoms with E-state index in [-0.39, 0.29) is 5.91 Å². The molecule has 6 nitrogen and oxygen atoms in total. The molecule has 2 aromatic heterocycles. The largest absolute Gasteiger partial charge is 0.308 e. The van der Waals surface area contributed by atoms with Crippen LogP contribution < -0.4 is 4.90 Å². The number of hydrogen-bond acceptors (Lipinski definition) is 5. The van der Waals surface area contributed by atoms with Crippen LogP contribution in [0.5, 0.6) is 0 Å². The summed E-state index contributed by atoms with van der Waals surface area (Å²) >= 11 is 0. The summed E-state index contributed by atoms with van der Waals surface area (Å²) < 4.78 is 0. The van der Waals surface area contributed by atoms with Gasteiger partial charge in [0.25, 0.3) is 5.91 Å². The zero-order valence-corrected chi connectivity index (χ0v) is 11.4. The Morgan fingerprint density at radius 1 is 1.30 bits per heavy atom. The van der Waals surface area contributed by atoms with Gasteiger partial charge >= 0.3 is 0 Å². The Bertz CT molecular complexity index is 639. The topological polar surface area (TPSA) is 71.9 Å². The van der Waals surface area contributed by atoms with Crippen LogP contribution in [-0.4, -0.2) is 33.1 Å². The monoisotopic (exact) mass is 269 g/mol. The summed E-state index contributed by atoms with van der Waals surface area (Å²) in [4.78, 5) is 22.5. The molecule has 20 heavy (non-hydrogen) atoms. The minimum absolute atomic E-state index is 0.153. The third-order valence-electron chi connectivity index (χ3n) is 3.55. The third-order valence-corrected chi connectivity index (χ3v) is 3.55. The molecule has 1 aliphatic rings. The van der Waals surface area contributed by atoms with Crippen molar-refractivity contribution in [3.05, 3.63) is 41.7 Å². The second-order valence-electron chi connectivity index (χ2n) is 4.97. The van der Waals surface area contributed by atoms with E-state index in [1.165, 1.54) is 11.2 Å². The lowest BCUT2D eigenvalue weighted by molar-refractivity contribution is 0.0987. The highest BCUT2D eigenvalue weighted by molar-refractivity contribution is 6.05. The normalized spacial score (nSPS) is 14.1. The highest BCUT2D eigenvalue weighted by Crippen LogP contribution is 2.40. The van der Waals surface area contributed by atoms with Crippen LogP contribution in [0.4, 0.5) is 5.69 Å². The molecular formula is C14H15N5O. The van der Waals surface area contributed by atoms with E-state index in [2.05, 4.69) is 20.2 Å². The van der Waals surface area contributed by atoms with Crippen molar-refractivity contribution in [2.75, 3.05) is 11.9 Å². The first-order valence-corrected chi connectivity index (χ1v) is 6.54. The van der Waals surface area contributed by atoms with Crippen molar-refractivity contribution >= 4 is 11.6 Å². The average Bonchev–Trinajstić information content (AvgIpc) is 3.31. The second kappa shape index (κ2) is 4.96. The maximum absolute atomic E-state index is 12.5. The maximum atomic E-state index is 12.5. The van der Waals surface area contributed by atoms with Crippen LogP contribution in [0.25, 0.3) is 0 Å². The molecule has 0 bridgehead atoms. The van der Waals surface area contributed by atoms with Crippen LogP contribution in [0.1, 0.15) is 40.5 Å². The zero-order valence-electron chi connectivity index (χ0n) is 11.4. The van der Waals surface area contributed by atoms with Gasteiger partial charge in [-0.2, -0.15) is 10.2 Å². The minimum Gasteiger partial charge on any atom is -0.308 e. The standard InChI is InChI=1S/C14H15N5O/c1-9-12(10-3-4-10)15-8-16-13(9)14(20)19(2)11-5-6-17-18-7-11/h5-8,10H,3-4H2,1-2H3. The van der Waals surface area contributed by atoms with Crippen LogP contribution >= 0.6 is 0 Å². The summed E-state index contributed by atoms with van der Waals surface area (Å²) in [5.41, 5.74) is 3.04. The van der Waals surface area contributed by atoms with Gasteiger partial charge in [0.2, 0.25) is 0 Å². The van der Waals surface area contributed by atoms with E-state index < -0.39 is 0 Å². The lowest BCUT2D eigenvalue weighted by atomic mass is 10.1. The molecule has 1 saturated carbocycles. The van der Waals surface area contributed by atoms with Gasteiger partial charge in [0.05, 0.1) is 23.8 Å². The van der Waals surface area contributed by atoms with Gasteiger partial charge in [0, 0.05) is 18.5 Å². The highest BCUT2D eigenvalue weighted by Gasteiger charge is 2.29. The number of anilines is 1. The maximum Gasteiger partial charge on any atom is 0.277 e. The van der Waals surface area contributed by atoms with Gasteiger partial charge in [0.15, 0.2) is 0 Å². The Hall–Kier alpha value is -2.37. The first kappa shape index (κ1) is 12.7. The van der Waals surface area contributed by atoms with E-state index in [4.69, 9.17) is 0 Å². The number of nitrogens with zero attached hydrogens (tertiary/aromatic N) is 5. The molecule has 6 heteroatoms. The molecule has 102 valence electrons. The molecular weight excluding hydrogens is 254 g/mol. The molecule has 2 aromatic rings. The Balaban J connectivity index is 1.93. The fourth-order valence-electron chi connectivity index (χ4n) is 2.21. The summed E-state index contributed by atoms with van der Waals surface area (Å²) in [5, 5.41) is 7.49. The Kier molecular flexibility index (Phi) is 3.14. The molecule has 3 rings (SSSR count). The van der Waals surface area contributed by atoms with Crippen molar-refractivity contribution < 1.29 is 4.79 Å². The molecule has 0 radical (unpaired) electrons. The van der Waals surface area contributed by atoms with Gasteiger partial charge in [-0.3, -0.25) is 4.79 Å². The van der Waals surface area contributed by atoms with Gasteiger partial charge in [0.1, 0.15) is 12.0 Å². The first-order chi connectivity index (χ1) is 9.68. The smallest absolute Gasteiger partial charge is 0.277 e. The summed E-state index contributed by atoms with van der Waals surface area (Å²) in [6.45, 7) is 1.92. The van der Waals surface area contributed by atoms with Gasteiger partial charge in [-0.1, -0.05) is 0 Å². The summed E-state index contributed by atoms with van der Waals surface area (Å²) in [5.74, 6) is 0.345. The van der Waals surface area contributed by atoms with Crippen molar-refractivity contribution in [1.29, 1.82) is 0 Å². The van der Waals surface area contributed by atoms with E-state index in [1.54, 1.807) is 25.5 Å². The van der Waals surface area contributed by atoms with Crippen LogP contribution in [0.3, 0.4) is 0 Å². The van der Waals surface area contributed by atoms with Crippen molar-refractivity contribution in [2.24, 2.45) is 0 Å². The Labute approximate surface area is 116 Å². The van der Waals surface area contributed by atoms with E-state index in [0.717, 1.165) is 24.1 Å². The molecule has 1 fully saturated rings. The first-order valence-electron chi connectivity index (χ1n) is 6.54. The number of amides is 1. The lowest BCUT2D eigenvalue weighted by Crippen LogP contribution is -2.28. The summed E-state index contributed by atoms with van der Waals surface area (Å²) in [7, 11) is 1.71. The molecule has 0 N–H and O–H groups in total. The van der Waals surface area contributed by atoms with Gasteiger partial charge in [-0.05, 0) is 25.8 Å². The molecule has 2 heterocycles. The summed E-state index contributed by atoms with van der Waals surface area (Å²) in [6, 6.07) is 1.74. The van der Waals surface area contributed by atoms with Gasteiger partial charge in [-0.15, -0.1) is 0 Å². The molecule has 0 aromatic carbocycles. The molecule has 0 unspecified atom stereocenters. The predicted octanol–water partition coefficient (Wildman–Crippen LogP) is 1.73. The molecule has 0 aliphatic heterocycles. The SMILES string of the molecule is Cc1c(C(=O)N(C)c2ccnnc2)ncnc1C1CC1. The quantitative estimate of drug-likeness (QED) is 0.848. The zero-order chi connectivity index (χ0) is 14.1. The van der Waals surface area contributed by atoms with Gasteiger partial charge in [-0.25, -0.2) is 9.97 Å². The number of carbonyl (C=O) groups is 1. The Morgan fingerprint density at radius 3 is 2.75 bits per heavy atom. The minimum atomic E-state index is -0.153. The number of carbonyl (C=O) groups excluding carboxylic acids is 1. The fourth-order valence-corrected chi connectivity index (χ4v) is 2.21. The molecule has 1 amide bonds. The van der Waals surface area contributed by atoms with Crippen molar-refractivity contribution in [1.82, 2.24) is 20.2 Å². The second-order valence-corrected chi connectivity index (χ2v) is 4.97. The lowest BCUT2D eigenvalue weighted by Gasteiger charge is -2.17. The van der Waals surface area contributed by atoms with E-state index in [0.29, 0.717) is 17.3 Å². The Morgan fingerprint density at radius 2 is 2.10 bits per heavy atom. The number of aromatic nitrogens is 4. The van der Waals surface area contributed by atoms with Crippen molar-refractivity contribution in [3.63, 3.8) is 0 Å². The van der Waals surface area contributed by atoms with E-state index >= 15 is 0 Å². The van der Waals surface area contributed by atoms with Crippen LogP contribution in [0.15, 0.2) is 24.8 Å². The number of hydrogen-bond donors (Lipinski definition) is 0. The molecule has 0 atom stereocenters. The molecule has 0 spiro atoms. The summed E-state index contributed by atoms with van der Waals surface area (Å²) in [6.07, 6.45) is 6.88. The van der Waals surface area contributed by atoms with Crippen LogP contribution in [0, 0.1) is 6.92 Å².